The average Bonchev–Trinajstić information content (AvgIpc) is 2.35. The van der Waals surface area contributed by atoms with Crippen molar-refractivity contribution in [1.82, 2.24) is 5.32 Å². The van der Waals surface area contributed by atoms with E-state index in [9.17, 15) is 0 Å². The van der Waals surface area contributed by atoms with Gasteiger partial charge in [0.25, 0.3) is 0 Å². The molecule has 0 aliphatic heterocycles. The van der Waals surface area contributed by atoms with Crippen molar-refractivity contribution in [2.24, 2.45) is 5.41 Å². The van der Waals surface area contributed by atoms with Crippen LogP contribution in [-0.4, -0.2) is 25.3 Å². The SMILES string of the molecule is COC1CC(NC2CC(c3cccc(C)c3)C2)C1(C)C. The minimum Gasteiger partial charge on any atom is -0.381 e. The predicted molar refractivity (Wildman–Crippen MR) is 83.1 cm³/mol. The molecule has 0 saturated heterocycles. The topological polar surface area (TPSA) is 21.3 Å². The smallest absolute Gasteiger partial charge is 0.0652 e. The number of rotatable bonds is 4. The van der Waals surface area contributed by atoms with Crippen molar-refractivity contribution in [2.75, 3.05) is 7.11 Å². The van der Waals surface area contributed by atoms with Crippen LogP contribution in [0.25, 0.3) is 0 Å². The van der Waals surface area contributed by atoms with Crippen molar-refractivity contribution in [3.05, 3.63) is 35.4 Å². The largest absolute Gasteiger partial charge is 0.381 e. The Labute approximate surface area is 122 Å². The molecule has 110 valence electrons. The molecule has 2 atom stereocenters. The van der Waals surface area contributed by atoms with Crippen molar-refractivity contribution in [3.8, 4) is 0 Å². The van der Waals surface area contributed by atoms with E-state index in [1.54, 1.807) is 0 Å². The highest BCUT2D eigenvalue weighted by Crippen LogP contribution is 2.45. The standard InChI is InChI=1S/C18H27NO/c1-12-6-5-7-13(8-12)14-9-15(10-14)19-16-11-17(20-4)18(16,2)3/h5-8,14-17,19H,9-11H2,1-4H3. The second-order valence-electron chi connectivity index (χ2n) is 7.28. The van der Waals surface area contributed by atoms with Gasteiger partial charge in [-0.1, -0.05) is 43.7 Å². The minimum absolute atomic E-state index is 0.281. The Morgan fingerprint density at radius 3 is 2.55 bits per heavy atom. The van der Waals surface area contributed by atoms with E-state index in [1.807, 2.05) is 7.11 Å². The van der Waals surface area contributed by atoms with Gasteiger partial charge in [-0.05, 0) is 37.7 Å². The Hall–Kier alpha value is -0.860. The molecular weight excluding hydrogens is 246 g/mol. The highest BCUT2D eigenvalue weighted by molar-refractivity contribution is 5.27. The average molecular weight is 273 g/mol. The van der Waals surface area contributed by atoms with Gasteiger partial charge >= 0.3 is 0 Å². The number of aryl methyl sites for hydroxylation is 1. The predicted octanol–water partition coefficient (Wildman–Crippen LogP) is 3.64. The maximum Gasteiger partial charge on any atom is 0.0652 e. The first-order valence-electron chi connectivity index (χ1n) is 7.86. The van der Waals surface area contributed by atoms with Gasteiger partial charge in [0, 0.05) is 24.6 Å². The van der Waals surface area contributed by atoms with Crippen molar-refractivity contribution in [1.29, 1.82) is 0 Å². The van der Waals surface area contributed by atoms with Crippen LogP contribution in [0.2, 0.25) is 0 Å². The lowest BCUT2D eigenvalue weighted by Gasteiger charge is -2.54. The lowest BCUT2D eigenvalue weighted by atomic mass is 9.63. The van der Waals surface area contributed by atoms with Crippen LogP contribution in [0.1, 0.15) is 50.2 Å². The Kier molecular flexibility index (Phi) is 3.64. The first-order valence-corrected chi connectivity index (χ1v) is 7.86. The van der Waals surface area contributed by atoms with Crippen molar-refractivity contribution in [2.45, 2.75) is 64.1 Å². The molecule has 1 aromatic carbocycles. The normalized spacial score (nSPS) is 35.2. The molecule has 2 unspecified atom stereocenters. The van der Waals surface area contributed by atoms with E-state index < -0.39 is 0 Å². The van der Waals surface area contributed by atoms with E-state index in [2.05, 4.69) is 50.4 Å². The van der Waals surface area contributed by atoms with E-state index in [-0.39, 0.29) is 5.41 Å². The summed E-state index contributed by atoms with van der Waals surface area (Å²) in [5, 5.41) is 3.84. The summed E-state index contributed by atoms with van der Waals surface area (Å²) < 4.78 is 5.53. The summed E-state index contributed by atoms with van der Waals surface area (Å²) >= 11 is 0. The van der Waals surface area contributed by atoms with Crippen molar-refractivity contribution >= 4 is 0 Å². The van der Waals surface area contributed by atoms with Gasteiger partial charge in [-0.25, -0.2) is 0 Å². The summed E-state index contributed by atoms with van der Waals surface area (Å²) in [5.74, 6) is 0.758. The Balaban J connectivity index is 1.50. The molecule has 2 aliphatic carbocycles. The van der Waals surface area contributed by atoms with Crippen LogP contribution >= 0.6 is 0 Å². The summed E-state index contributed by atoms with van der Waals surface area (Å²) in [6.07, 6.45) is 4.16. The summed E-state index contributed by atoms with van der Waals surface area (Å²) in [5.41, 5.74) is 3.18. The molecule has 1 N–H and O–H groups in total. The van der Waals surface area contributed by atoms with Crippen LogP contribution in [0.4, 0.5) is 0 Å². The summed E-state index contributed by atoms with van der Waals surface area (Å²) in [4.78, 5) is 0. The zero-order valence-electron chi connectivity index (χ0n) is 13.1. The fourth-order valence-corrected chi connectivity index (χ4v) is 3.80. The van der Waals surface area contributed by atoms with E-state index in [4.69, 9.17) is 4.74 Å². The third kappa shape index (κ3) is 2.40. The summed E-state index contributed by atoms with van der Waals surface area (Å²) in [6, 6.07) is 10.3. The van der Waals surface area contributed by atoms with Crippen LogP contribution in [-0.2, 0) is 4.74 Å². The molecule has 2 aliphatic rings. The molecule has 2 heteroatoms. The minimum atomic E-state index is 0.281. The van der Waals surface area contributed by atoms with Crippen LogP contribution in [0.5, 0.6) is 0 Å². The molecule has 0 amide bonds. The lowest BCUT2D eigenvalue weighted by Crippen LogP contribution is -2.63. The van der Waals surface area contributed by atoms with E-state index in [1.165, 1.54) is 24.0 Å². The second kappa shape index (κ2) is 5.16. The third-order valence-corrected chi connectivity index (χ3v) is 5.55. The monoisotopic (exact) mass is 273 g/mol. The van der Waals surface area contributed by atoms with Gasteiger partial charge in [0.2, 0.25) is 0 Å². The van der Waals surface area contributed by atoms with Crippen LogP contribution < -0.4 is 5.32 Å². The third-order valence-electron chi connectivity index (χ3n) is 5.55. The van der Waals surface area contributed by atoms with E-state index in [0.717, 1.165) is 12.3 Å². The molecule has 2 saturated carbocycles. The summed E-state index contributed by atoms with van der Waals surface area (Å²) in [7, 11) is 1.83. The van der Waals surface area contributed by atoms with Crippen LogP contribution in [0.15, 0.2) is 24.3 Å². The number of benzene rings is 1. The van der Waals surface area contributed by atoms with E-state index >= 15 is 0 Å². The highest BCUT2D eigenvalue weighted by atomic mass is 16.5. The molecule has 2 fully saturated rings. The van der Waals surface area contributed by atoms with Gasteiger partial charge in [-0.3, -0.25) is 0 Å². The molecule has 20 heavy (non-hydrogen) atoms. The maximum absolute atomic E-state index is 5.53. The fourth-order valence-electron chi connectivity index (χ4n) is 3.80. The zero-order chi connectivity index (χ0) is 14.3. The molecule has 0 heterocycles. The number of nitrogens with one attached hydrogen (secondary N) is 1. The first-order chi connectivity index (χ1) is 9.50. The number of hydrogen-bond acceptors (Lipinski definition) is 2. The maximum atomic E-state index is 5.53. The molecule has 3 rings (SSSR count). The Bertz CT molecular complexity index is 476. The first kappa shape index (κ1) is 14.1. The number of hydrogen-bond donors (Lipinski definition) is 1. The van der Waals surface area contributed by atoms with Gasteiger partial charge in [0.15, 0.2) is 0 Å². The molecule has 2 nitrogen and oxygen atoms in total. The number of methoxy groups -OCH3 is 1. The van der Waals surface area contributed by atoms with Gasteiger partial charge < -0.3 is 10.1 Å². The van der Waals surface area contributed by atoms with Crippen LogP contribution in [0.3, 0.4) is 0 Å². The van der Waals surface area contributed by atoms with Crippen molar-refractivity contribution < 1.29 is 4.74 Å². The summed E-state index contributed by atoms with van der Waals surface area (Å²) in [6.45, 7) is 6.82. The van der Waals surface area contributed by atoms with E-state index in [0.29, 0.717) is 18.2 Å². The fraction of sp³-hybridized carbons (Fsp3) is 0.667. The molecular formula is C18H27NO. The van der Waals surface area contributed by atoms with Crippen LogP contribution in [0, 0.1) is 12.3 Å². The number of ether oxygens (including phenoxy) is 1. The zero-order valence-corrected chi connectivity index (χ0v) is 13.1. The lowest BCUT2D eigenvalue weighted by molar-refractivity contribution is -0.103. The van der Waals surface area contributed by atoms with Gasteiger partial charge in [0.1, 0.15) is 0 Å². The van der Waals surface area contributed by atoms with Gasteiger partial charge in [0.05, 0.1) is 6.10 Å². The molecule has 0 spiro atoms. The molecule has 1 aromatic rings. The van der Waals surface area contributed by atoms with Gasteiger partial charge in [-0.15, -0.1) is 0 Å². The molecule has 0 bridgehead atoms. The quantitative estimate of drug-likeness (QED) is 0.904. The molecule has 0 radical (unpaired) electrons. The van der Waals surface area contributed by atoms with Gasteiger partial charge in [-0.2, -0.15) is 0 Å². The van der Waals surface area contributed by atoms with Crippen molar-refractivity contribution in [3.63, 3.8) is 0 Å². The second-order valence-corrected chi connectivity index (χ2v) is 7.28. The highest BCUT2D eigenvalue weighted by Gasteiger charge is 2.49. The molecule has 0 aromatic heterocycles. The Morgan fingerprint density at radius 2 is 1.95 bits per heavy atom. The Morgan fingerprint density at radius 1 is 1.20 bits per heavy atom.